The molecule has 0 saturated carbocycles. The molecular weight excluding hydrogens is 991 g/mol. The molecule has 8 aromatic rings. The molecule has 0 aliphatic rings. The summed E-state index contributed by atoms with van der Waals surface area (Å²) in [6, 6.07) is 28.1. The van der Waals surface area contributed by atoms with E-state index >= 15 is 0 Å². The van der Waals surface area contributed by atoms with E-state index in [4.69, 9.17) is 4.74 Å². The molecule has 8 rings (SSSR count). The molecule has 0 aromatic heterocycles. The van der Waals surface area contributed by atoms with Gasteiger partial charge < -0.3 is 15.2 Å². The number of phenols is 1. The number of nitrogens with zero attached hydrogens (tertiary/aromatic N) is 6. The van der Waals surface area contributed by atoms with E-state index in [2.05, 4.69) is 36.0 Å². The van der Waals surface area contributed by atoms with Crippen LogP contribution in [0.5, 0.6) is 11.5 Å². The summed E-state index contributed by atoms with van der Waals surface area (Å²) in [6.07, 6.45) is 0. The number of aryl methyl sites for hydroxylation is 2. The van der Waals surface area contributed by atoms with Crippen molar-refractivity contribution in [2.45, 2.75) is 33.4 Å². The molecule has 8 aromatic carbocycles. The normalized spacial score (nSPS) is 12.8. The third-order valence-corrected chi connectivity index (χ3v) is 14.1. The predicted octanol–water partition coefficient (Wildman–Crippen LogP) is 11.5. The number of nitrogens with one attached hydrogen (secondary N) is 1. The van der Waals surface area contributed by atoms with Crippen molar-refractivity contribution in [3.63, 3.8) is 0 Å². The van der Waals surface area contributed by atoms with Crippen molar-refractivity contribution in [1.82, 2.24) is 0 Å². The number of aromatic hydroxyl groups is 1. The molecule has 0 bridgehead atoms. The average Bonchev–Trinajstić information content (AvgIpc) is 3.29. The highest BCUT2D eigenvalue weighted by molar-refractivity contribution is 7.87. The quantitative estimate of drug-likeness (QED) is 0.0462. The minimum absolute atomic E-state index is 0.0539. The van der Waals surface area contributed by atoms with Gasteiger partial charge in [-0.25, -0.2) is 0 Å². The average molecular weight is 1030 g/mol. The lowest BCUT2D eigenvalue weighted by molar-refractivity contribution is 0.415. The summed E-state index contributed by atoms with van der Waals surface area (Å²) in [5.41, 5.74) is 2.68. The summed E-state index contributed by atoms with van der Waals surface area (Å²) in [5.74, 6) is -0.00736. The third-order valence-electron chi connectivity index (χ3n) is 10.7. The summed E-state index contributed by atoms with van der Waals surface area (Å²) >= 11 is 0. The molecule has 0 heterocycles. The Morgan fingerprint density at radius 2 is 1.01 bits per heavy atom. The van der Waals surface area contributed by atoms with Crippen molar-refractivity contribution in [3.05, 3.63) is 132 Å². The SMILES string of the molecule is COc1ccc(Nc2ccc3c(O)c(N=Nc4ccc(N=Nc5cc(C)c(N=Nc6ccc7cc(S(=O)(=O)O)cc(S(=O)(=O)O)c7c6)cc5C)c5ccc(S(=O)(=O)O)cc45)c(S(=O)(=O)O)cc3c2)cc1. The van der Waals surface area contributed by atoms with Gasteiger partial charge in [0.05, 0.1) is 45.3 Å². The molecule has 0 fully saturated rings. The van der Waals surface area contributed by atoms with Gasteiger partial charge in [-0.1, -0.05) is 12.1 Å². The topological polar surface area (TPSA) is 333 Å². The Morgan fingerprint density at radius 3 is 1.63 bits per heavy atom. The monoisotopic (exact) mass is 1030 g/mol. The Labute approximate surface area is 398 Å². The lowest BCUT2D eigenvalue weighted by Gasteiger charge is -2.12. The van der Waals surface area contributed by atoms with E-state index in [-0.39, 0.29) is 49.4 Å². The smallest absolute Gasteiger partial charge is 0.296 e. The van der Waals surface area contributed by atoms with Crippen LogP contribution in [0.2, 0.25) is 0 Å². The maximum atomic E-state index is 12.7. The van der Waals surface area contributed by atoms with E-state index < -0.39 is 71.5 Å². The summed E-state index contributed by atoms with van der Waals surface area (Å²) in [4.78, 5) is -2.82. The molecular formula is C45H35N7O14S4. The van der Waals surface area contributed by atoms with Crippen molar-refractivity contribution in [2.75, 3.05) is 12.4 Å². The molecule has 358 valence electrons. The Hall–Kier alpha value is -7.62. The molecule has 25 heteroatoms. The van der Waals surface area contributed by atoms with E-state index in [1.807, 2.05) is 0 Å². The van der Waals surface area contributed by atoms with Crippen LogP contribution in [0.25, 0.3) is 32.3 Å². The van der Waals surface area contributed by atoms with Crippen molar-refractivity contribution in [2.24, 2.45) is 30.7 Å². The lowest BCUT2D eigenvalue weighted by Crippen LogP contribution is -2.04. The number of phenolic OH excluding ortho intramolecular Hbond substituents is 1. The lowest BCUT2D eigenvalue weighted by atomic mass is 10.1. The highest BCUT2D eigenvalue weighted by Gasteiger charge is 2.24. The number of rotatable bonds is 13. The molecule has 0 saturated heterocycles. The first kappa shape index (κ1) is 48.8. The van der Waals surface area contributed by atoms with E-state index in [1.54, 1.807) is 62.4 Å². The Bertz CT molecular complexity index is 4060. The zero-order valence-corrected chi connectivity index (χ0v) is 39.5. The first-order valence-corrected chi connectivity index (χ1v) is 25.8. The molecule has 0 aliphatic carbocycles. The maximum Gasteiger partial charge on any atom is 0.296 e. The van der Waals surface area contributed by atoms with Crippen LogP contribution in [0, 0.1) is 13.8 Å². The molecule has 0 aliphatic heterocycles. The van der Waals surface area contributed by atoms with Gasteiger partial charge in [0.2, 0.25) is 0 Å². The van der Waals surface area contributed by atoms with Crippen LogP contribution in [-0.4, -0.2) is 64.1 Å². The fraction of sp³-hybridized carbons (Fsp3) is 0.0667. The minimum Gasteiger partial charge on any atom is -0.505 e. The van der Waals surface area contributed by atoms with E-state index in [0.29, 0.717) is 45.7 Å². The molecule has 0 unspecified atom stereocenters. The number of benzene rings is 8. The number of methoxy groups -OCH3 is 1. The third kappa shape index (κ3) is 10.4. The van der Waals surface area contributed by atoms with Gasteiger partial charge in [-0.05, 0) is 145 Å². The van der Waals surface area contributed by atoms with Crippen LogP contribution in [0.4, 0.5) is 45.5 Å². The van der Waals surface area contributed by atoms with Crippen LogP contribution in [0.15, 0.2) is 172 Å². The Kier molecular flexibility index (Phi) is 12.8. The second-order valence-corrected chi connectivity index (χ2v) is 21.0. The first-order chi connectivity index (χ1) is 32.9. The molecule has 21 nitrogen and oxygen atoms in total. The minimum atomic E-state index is -5.03. The van der Waals surface area contributed by atoms with Crippen molar-refractivity contribution in [1.29, 1.82) is 0 Å². The van der Waals surface area contributed by atoms with Crippen molar-refractivity contribution in [3.8, 4) is 11.5 Å². The van der Waals surface area contributed by atoms with Gasteiger partial charge >= 0.3 is 0 Å². The van der Waals surface area contributed by atoms with Gasteiger partial charge in [0.25, 0.3) is 40.5 Å². The van der Waals surface area contributed by atoms with Crippen molar-refractivity contribution >= 4 is 118 Å². The zero-order chi connectivity index (χ0) is 50.5. The predicted molar refractivity (Wildman–Crippen MR) is 257 cm³/mol. The van der Waals surface area contributed by atoms with Gasteiger partial charge in [0.1, 0.15) is 21.2 Å². The van der Waals surface area contributed by atoms with Crippen LogP contribution >= 0.6 is 0 Å². The highest BCUT2D eigenvalue weighted by Crippen LogP contribution is 2.44. The Balaban J connectivity index is 1.11. The van der Waals surface area contributed by atoms with Crippen LogP contribution < -0.4 is 10.1 Å². The van der Waals surface area contributed by atoms with E-state index in [9.17, 15) is 57.0 Å². The van der Waals surface area contributed by atoms with Crippen molar-refractivity contribution < 1.29 is 61.7 Å². The van der Waals surface area contributed by atoms with E-state index in [1.165, 1.54) is 49.6 Å². The summed E-state index contributed by atoms with van der Waals surface area (Å²) in [5, 5.41) is 40.7. The summed E-state index contributed by atoms with van der Waals surface area (Å²) in [6.45, 7) is 3.40. The van der Waals surface area contributed by atoms with Gasteiger partial charge in [0, 0.05) is 32.9 Å². The van der Waals surface area contributed by atoms with Gasteiger partial charge in [0.15, 0.2) is 5.75 Å². The maximum absolute atomic E-state index is 12.7. The summed E-state index contributed by atoms with van der Waals surface area (Å²) in [7, 11) is -18.0. The number of anilines is 2. The number of hydrogen-bond donors (Lipinski definition) is 6. The number of ether oxygens (including phenoxy) is 1. The first-order valence-electron chi connectivity index (χ1n) is 20.0. The van der Waals surface area contributed by atoms with E-state index in [0.717, 1.165) is 24.3 Å². The number of fused-ring (bicyclic) bond motifs is 3. The second-order valence-electron chi connectivity index (χ2n) is 15.4. The molecule has 70 heavy (non-hydrogen) atoms. The molecule has 0 radical (unpaired) electrons. The number of hydrogen-bond acceptors (Lipinski definition) is 17. The zero-order valence-electron chi connectivity index (χ0n) is 36.3. The van der Waals surface area contributed by atoms with Gasteiger partial charge in [-0.2, -0.15) is 49.0 Å². The van der Waals surface area contributed by atoms with Crippen LogP contribution in [0.1, 0.15) is 11.1 Å². The molecule has 0 atom stereocenters. The summed E-state index contributed by atoms with van der Waals surface area (Å²) < 4.78 is 142. The molecule has 6 N–H and O–H groups in total. The van der Waals surface area contributed by atoms with Gasteiger partial charge in [-0.15, -0.1) is 15.3 Å². The standard InChI is InChI=1S/C45H35N7O14S4/c1-24-17-41(25(2)16-40(24)50-47-30-5-4-26-19-33(68(57,58)59)23-42(36(26)21-30)69(60,61)62)51-48-38-14-15-39(37-22-32(67(54,55)56)11-13-35(37)38)49-52-44-43(70(63,64)65)20-27-18-29(8-12-34(27)45(44)53)46-28-6-9-31(66-3)10-7-28/h4-23,46,53H,1-3H3,(H,54,55,56)(H,57,58,59)(H,60,61,62)(H,63,64,65). The largest absolute Gasteiger partial charge is 0.505 e. The second kappa shape index (κ2) is 18.4. The van der Waals surface area contributed by atoms with Crippen LogP contribution in [0.3, 0.4) is 0 Å². The van der Waals surface area contributed by atoms with Gasteiger partial charge in [-0.3, -0.25) is 18.2 Å². The fourth-order valence-electron chi connectivity index (χ4n) is 7.23. The highest BCUT2D eigenvalue weighted by atomic mass is 32.2. The number of azo groups is 3. The molecule has 0 spiro atoms. The van der Waals surface area contributed by atoms with Crippen LogP contribution in [-0.2, 0) is 40.5 Å². The molecule has 0 amide bonds. The Morgan fingerprint density at radius 1 is 0.443 bits per heavy atom. The fourth-order valence-corrected chi connectivity index (χ4v) is 9.74.